The summed E-state index contributed by atoms with van der Waals surface area (Å²) in [5, 5.41) is 1.17. The molecule has 1 N–H and O–H groups in total. The maximum Gasteiger partial charge on any atom is 0.409 e. The van der Waals surface area contributed by atoms with Crippen LogP contribution >= 0.6 is 0 Å². The maximum atomic E-state index is 12.5. The van der Waals surface area contributed by atoms with Crippen molar-refractivity contribution < 1.29 is 14.3 Å². The summed E-state index contributed by atoms with van der Waals surface area (Å²) in [6.45, 7) is 3.33. The van der Waals surface area contributed by atoms with Crippen molar-refractivity contribution >= 4 is 22.9 Å². The Balaban J connectivity index is 1.71. The third-order valence-corrected chi connectivity index (χ3v) is 4.19. The lowest BCUT2D eigenvalue weighted by molar-refractivity contribution is -0.132. The summed E-state index contributed by atoms with van der Waals surface area (Å²) in [7, 11) is 1.58. The molecule has 6 nitrogen and oxygen atoms in total. The highest BCUT2D eigenvalue weighted by Crippen LogP contribution is 2.27. The molecule has 0 fully saturated rings. The van der Waals surface area contributed by atoms with Gasteiger partial charge in [-0.1, -0.05) is 18.2 Å². The average molecular weight is 315 g/mol. The lowest BCUT2D eigenvalue weighted by Gasteiger charge is -2.29. The Morgan fingerprint density at radius 1 is 1.35 bits per heavy atom. The number of hydrogen-bond donors (Lipinski definition) is 1. The lowest BCUT2D eigenvalue weighted by atomic mass is 10.0. The van der Waals surface area contributed by atoms with Crippen LogP contribution in [0.3, 0.4) is 0 Å². The predicted molar refractivity (Wildman–Crippen MR) is 87.1 cm³/mol. The molecule has 0 aliphatic carbocycles. The van der Waals surface area contributed by atoms with Gasteiger partial charge in [0.25, 0.3) is 0 Å². The largest absolute Gasteiger partial charge is 0.450 e. The molecule has 0 radical (unpaired) electrons. The van der Waals surface area contributed by atoms with E-state index >= 15 is 0 Å². The summed E-state index contributed by atoms with van der Waals surface area (Å²) in [4.78, 5) is 30.6. The van der Waals surface area contributed by atoms with Crippen LogP contribution in [0.15, 0.2) is 24.3 Å². The van der Waals surface area contributed by atoms with Crippen molar-refractivity contribution in [1.82, 2.24) is 14.8 Å². The second-order valence-corrected chi connectivity index (χ2v) is 5.75. The highest BCUT2D eigenvalue weighted by molar-refractivity contribution is 5.87. The Hall–Kier alpha value is -2.50. The first kappa shape index (κ1) is 15.4. The van der Waals surface area contributed by atoms with E-state index in [2.05, 4.69) is 11.1 Å². The van der Waals surface area contributed by atoms with E-state index in [0.29, 0.717) is 19.7 Å². The van der Waals surface area contributed by atoms with Crippen molar-refractivity contribution in [3.8, 4) is 0 Å². The van der Waals surface area contributed by atoms with Gasteiger partial charge in [0, 0.05) is 48.7 Å². The van der Waals surface area contributed by atoms with E-state index < -0.39 is 6.09 Å². The van der Waals surface area contributed by atoms with Crippen molar-refractivity contribution in [2.75, 3.05) is 26.7 Å². The van der Waals surface area contributed by atoms with Crippen LogP contribution < -0.4 is 0 Å². The molecule has 0 saturated heterocycles. The minimum absolute atomic E-state index is 0.0382. The zero-order chi connectivity index (χ0) is 16.4. The smallest absolute Gasteiger partial charge is 0.409 e. The molecular formula is C17H21N3O3. The first-order valence-corrected chi connectivity index (χ1v) is 7.84. The number of amides is 2. The highest BCUT2D eigenvalue weighted by Gasteiger charge is 2.25. The van der Waals surface area contributed by atoms with E-state index in [1.54, 1.807) is 18.9 Å². The summed E-state index contributed by atoms with van der Waals surface area (Å²) < 4.78 is 4.90. The first-order valence-electron chi connectivity index (χ1n) is 7.84. The molecule has 1 aliphatic rings. The van der Waals surface area contributed by atoms with Gasteiger partial charge in [-0.3, -0.25) is 4.79 Å². The van der Waals surface area contributed by atoms with Gasteiger partial charge < -0.3 is 19.5 Å². The number of nitrogens with zero attached hydrogens (tertiary/aromatic N) is 2. The summed E-state index contributed by atoms with van der Waals surface area (Å²) in [5.41, 5.74) is 3.49. The van der Waals surface area contributed by atoms with Crippen molar-refractivity contribution in [1.29, 1.82) is 0 Å². The number of aromatic nitrogens is 1. The fourth-order valence-corrected chi connectivity index (χ4v) is 2.98. The molecule has 2 heterocycles. The molecule has 23 heavy (non-hydrogen) atoms. The minimum atomic E-state index is -0.467. The van der Waals surface area contributed by atoms with E-state index in [9.17, 15) is 9.59 Å². The monoisotopic (exact) mass is 315 g/mol. The molecule has 122 valence electrons. The standard InChI is InChI=1S/C17H21N3O3/c1-3-23-17(22)19(2)11-16(21)20-9-8-15-13(10-20)12-6-4-5-7-14(12)18-15/h4-7,18H,3,8-11H2,1-2H3. The summed E-state index contributed by atoms with van der Waals surface area (Å²) in [6.07, 6.45) is 0.337. The molecule has 1 aromatic carbocycles. The first-order chi connectivity index (χ1) is 11.1. The number of H-pyrrole nitrogens is 1. The molecule has 2 aromatic rings. The van der Waals surface area contributed by atoms with E-state index in [-0.39, 0.29) is 12.5 Å². The molecule has 0 unspecified atom stereocenters. The summed E-state index contributed by atoms with van der Waals surface area (Å²) in [6, 6.07) is 8.13. The third kappa shape index (κ3) is 3.02. The number of para-hydroxylation sites is 1. The van der Waals surface area contributed by atoms with Crippen LogP contribution in [0, 0.1) is 0 Å². The number of fused-ring (bicyclic) bond motifs is 3. The van der Waals surface area contributed by atoms with Gasteiger partial charge in [0.1, 0.15) is 6.54 Å². The van der Waals surface area contributed by atoms with E-state index in [4.69, 9.17) is 4.74 Å². The van der Waals surface area contributed by atoms with Crippen LogP contribution in [0.4, 0.5) is 4.79 Å². The van der Waals surface area contributed by atoms with Crippen LogP contribution in [0.2, 0.25) is 0 Å². The van der Waals surface area contributed by atoms with Gasteiger partial charge in [-0.2, -0.15) is 0 Å². The van der Waals surface area contributed by atoms with Gasteiger partial charge in [-0.05, 0) is 13.0 Å². The van der Waals surface area contributed by atoms with E-state index in [1.807, 2.05) is 18.2 Å². The van der Waals surface area contributed by atoms with Crippen molar-refractivity contribution in [2.24, 2.45) is 0 Å². The van der Waals surface area contributed by atoms with Gasteiger partial charge in [0.05, 0.1) is 6.61 Å². The number of aromatic amines is 1. The van der Waals surface area contributed by atoms with Crippen LogP contribution in [0.1, 0.15) is 18.2 Å². The number of likely N-dealkylation sites (N-methyl/N-ethyl adjacent to an activating group) is 1. The molecule has 0 atom stereocenters. The zero-order valence-corrected chi connectivity index (χ0v) is 13.5. The number of ether oxygens (including phenoxy) is 1. The van der Waals surface area contributed by atoms with Gasteiger partial charge in [0.15, 0.2) is 0 Å². The topological polar surface area (TPSA) is 65.6 Å². The zero-order valence-electron chi connectivity index (χ0n) is 13.5. The van der Waals surface area contributed by atoms with Gasteiger partial charge in [0.2, 0.25) is 5.91 Å². The average Bonchev–Trinajstić information content (AvgIpc) is 2.92. The molecule has 0 spiro atoms. The molecule has 2 amide bonds. The van der Waals surface area contributed by atoms with Crippen molar-refractivity contribution in [3.05, 3.63) is 35.5 Å². The number of rotatable bonds is 3. The minimum Gasteiger partial charge on any atom is -0.450 e. The Morgan fingerprint density at radius 2 is 2.13 bits per heavy atom. The van der Waals surface area contributed by atoms with E-state index in [0.717, 1.165) is 11.9 Å². The Bertz CT molecular complexity index is 738. The third-order valence-electron chi connectivity index (χ3n) is 4.19. The van der Waals surface area contributed by atoms with Gasteiger partial charge in [-0.25, -0.2) is 4.79 Å². The SMILES string of the molecule is CCOC(=O)N(C)CC(=O)N1CCc2[nH]c3ccccc3c2C1. The Morgan fingerprint density at radius 3 is 2.91 bits per heavy atom. The number of carbonyl (C=O) groups excluding carboxylic acids is 2. The lowest BCUT2D eigenvalue weighted by Crippen LogP contribution is -2.43. The summed E-state index contributed by atoms with van der Waals surface area (Å²) in [5.74, 6) is -0.0588. The van der Waals surface area contributed by atoms with Crippen molar-refractivity contribution in [3.63, 3.8) is 0 Å². The van der Waals surface area contributed by atoms with Crippen molar-refractivity contribution in [2.45, 2.75) is 19.9 Å². The molecule has 0 bridgehead atoms. The predicted octanol–water partition coefficient (Wildman–Crippen LogP) is 2.14. The second kappa shape index (κ2) is 6.32. The number of hydrogen-bond acceptors (Lipinski definition) is 3. The highest BCUT2D eigenvalue weighted by atomic mass is 16.6. The Labute approximate surface area is 135 Å². The van der Waals surface area contributed by atoms with Crippen LogP contribution in [0.25, 0.3) is 10.9 Å². The Kier molecular flexibility index (Phi) is 4.23. The number of benzene rings is 1. The number of carbonyl (C=O) groups is 2. The van der Waals surface area contributed by atoms with Gasteiger partial charge >= 0.3 is 6.09 Å². The molecule has 6 heteroatoms. The number of nitrogens with one attached hydrogen (secondary N) is 1. The van der Waals surface area contributed by atoms with Crippen LogP contribution in [-0.2, 0) is 22.5 Å². The van der Waals surface area contributed by atoms with Gasteiger partial charge in [-0.15, -0.1) is 0 Å². The second-order valence-electron chi connectivity index (χ2n) is 5.75. The molecule has 0 saturated carbocycles. The fourth-order valence-electron chi connectivity index (χ4n) is 2.98. The summed E-state index contributed by atoms with van der Waals surface area (Å²) >= 11 is 0. The molecular weight excluding hydrogens is 294 g/mol. The fraction of sp³-hybridized carbons (Fsp3) is 0.412. The molecule has 1 aliphatic heterocycles. The molecule has 1 aromatic heterocycles. The van der Waals surface area contributed by atoms with Crippen LogP contribution in [-0.4, -0.2) is 53.5 Å². The quantitative estimate of drug-likeness (QED) is 0.944. The molecule has 3 rings (SSSR count). The maximum absolute atomic E-state index is 12.5. The van der Waals surface area contributed by atoms with Crippen LogP contribution in [0.5, 0.6) is 0 Å². The normalized spacial score (nSPS) is 13.7. The van der Waals surface area contributed by atoms with E-state index in [1.165, 1.54) is 21.5 Å².